The number of nitrogens with zero attached hydrogens (tertiary/aromatic N) is 1. The van der Waals surface area contributed by atoms with Gasteiger partial charge in [-0.1, -0.05) is 15.9 Å². The Morgan fingerprint density at radius 2 is 2.29 bits per heavy atom. The molecule has 5 heteroatoms. The molecule has 1 aromatic carbocycles. The number of carbonyl (C=O) groups excluding carboxylic acids is 1. The smallest absolute Gasteiger partial charge is 0.227 e. The summed E-state index contributed by atoms with van der Waals surface area (Å²) in [6.45, 7) is 2.51. The molecule has 1 atom stereocenters. The SMILES string of the molecule is Cc1cc(Br)cc(N)c1N1CC(CO)CC1=O. The average Bonchev–Trinajstić information content (AvgIpc) is 2.59. The summed E-state index contributed by atoms with van der Waals surface area (Å²) >= 11 is 3.37. The van der Waals surface area contributed by atoms with Gasteiger partial charge in [-0.2, -0.15) is 0 Å². The third-order valence-corrected chi connectivity index (χ3v) is 3.49. The summed E-state index contributed by atoms with van der Waals surface area (Å²) in [5.41, 5.74) is 8.29. The molecular formula is C12H15BrN2O2. The minimum absolute atomic E-state index is 0.0185. The van der Waals surface area contributed by atoms with Crippen molar-refractivity contribution in [3.63, 3.8) is 0 Å². The molecule has 0 aliphatic carbocycles. The van der Waals surface area contributed by atoms with Gasteiger partial charge in [0.05, 0.1) is 11.4 Å². The standard InChI is InChI=1S/C12H15BrN2O2/c1-7-2-9(13)4-10(14)12(7)15-5-8(6-16)3-11(15)17/h2,4,8,16H,3,5-6,14H2,1H3. The number of carbonyl (C=O) groups is 1. The van der Waals surface area contributed by atoms with Crippen LogP contribution >= 0.6 is 15.9 Å². The lowest BCUT2D eigenvalue weighted by Gasteiger charge is -2.21. The number of anilines is 2. The fourth-order valence-electron chi connectivity index (χ4n) is 2.25. The van der Waals surface area contributed by atoms with Gasteiger partial charge in [0.25, 0.3) is 0 Å². The Morgan fingerprint density at radius 3 is 2.82 bits per heavy atom. The number of rotatable bonds is 2. The summed E-state index contributed by atoms with van der Waals surface area (Å²) in [6.07, 6.45) is 0.394. The zero-order valence-corrected chi connectivity index (χ0v) is 11.2. The number of aliphatic hydroxyl groups excluding tert-OH is 1. The molecule has 3 N–H and O–H groups in total. The molecule has 17 heavy (non-hydrogen) atoms. The molecule has 1 heterocycles. The van der Waals surface area contributed by atoms with E-state index < -0.39 is 0 Å². The molecule has 1 aliphatic rings. The molecule has 0 spiro atoms. The van der Waals surface area contributed by atoms with Crippen LogP contribution in [0.25, 0.3) is 0 Å². The molecule has 1 amide bonds. The molecule has 0 bridgehead atoms. The second kappa shape index (κ2) is 4.66. The van der Waals surface area contributed by atoms with E-state index in [-0.39, 0.29) is 18.4 Å². The third kappa shape index (κ3) is 2.30. The molecule has 92 valence electrons. The van der Waals surface area contributed by atoms with E-state index in [0.717, 1.165) is 15.7 Å². The lowest BCUT2D eigenvalue weighted by atomic mass is 10.1. The van der Waals surface area contributed by atoms with Gasteiger partial charge in [0.15, 0.2) is 0 Å². The van der Waals surface area contributed by atoms with E-state index >= 15 is 0 Å². The Morgan fingerprint density at radius 1 is 1.59 bits per heavy atom. The number of nitrogen functional groups attached to an aromatic ring is 1. The lowest BCUT2D eigenvalue weighted by molar-refractivity contribution is -0.117. The summed E-state index contributed by atoms with van der Waals surface area (Å²) < 4.78 is 0.904. The molecule has 0 radical (unpaired) electrons. The van der Waals surface area contributed by atoms with Crippen molar-refractivity contribution in [3.05, 3.63) is 22.2 Å². The van der Waals surface area contributed by atoms with E-state index in [0.29, 0.717) is 18.7 Å². The highest BCUT2D eigenvalue weighted by molar-refractivity contribution is 9.10. The van der Waals surface area contributed by atoms with Crippen LogP contribution in [-0.2, 0) is 4.79 Å². The van der Waals surface area contributed by atoms with E-state index in [1.54, 1.807) is 11.0 Å². The maximum Gasteiger partial charge on any atom is 0.227 e. The van der Waals surface area contributed by atoms with E-state index in [9.17, 15) is 4.79 Å². The van der Waals surface area contributed by atoms with Crippen LogP contribution in [0.5, 0.6) is 0 Å². The van der Waals surface area contributed by atoms with Crippen LogP contribution < -0.4 is 10.6 Å². The summed E-state index contributed by atoms with van der Waals surface area (Å²) in [5, 5.41) is 9.11. The number of aliphatic hydroxyl groups is 1. The van der Waals surface area contributed by atoms with Gasteiger partial charge >= 0.3 is 0 Å². The van der Waals surface area contributed by atoms with Gasteiger partial charge < -0.3 is 15.7 Å². The number of hydrogen-bond acceptors (Lipinski definition) is 3. The number of aryl methyl sites for hydroxylation is 1. The Bertz CT molecular complexity index is 439. The molecule has 1 aromatic rings. The van der Waals surface area contributed by atoms with E-state index in [4.69, 9.17) is 10.8 Å². The summed E-state index contributed by atoms with van der Waals surface area (Å²) in [5.74, 6) is 0.0473. The van der Waals surface area contributed by atoms with Crippen molar-refractivity contribution in [2.45, 2.75) is 13.3 Å². The molecule has 1 unspecified atom stereocenters. The highest BCUT2D eigenvalue weighted by Gasteiger charge is 2.31. The summed E-state index contributed by atoms with van der Waals surface area (Å²) in [7, 11) is 0. The largest absolute Gasteiger partial charge is 0.397 e. The van der Waals surface area contributed by atoms with Gasteiger partial charge in [-0.05, 0) is 24.6 Å². The first-order valence-electron chi connectivity index (χ1n) is 5.49. The highest BCUT2D eigenvalue weighted by Crippen LogP contribution is 2.34. The van der Waals surface area contributed by atoms with Crippen LogP contribution in [-0.4, -0.2) is 24.2 Å². The molecule has 0 saturated carbocycles. The van der Waals surface area contributed by atoms with Crippen LogP contribution in [0.3, 0.4) is 0 Å². The van der Waals surface area contributed by atoms with Crippen LogP contribution in [0.2, 0.25) is 0 Å². The molecule has 1 aliphatic heterocycles. The number of amides is 1. The number of benzene rings is 1. The zero-order valence-electron chi connectivity index (χ0n) is 9.61. The van der Waals surface area contributed by atoms with Gasteiger partial charge in [0.2, 0.25) is 5.91 Å². The predicted molar refractivity (Wildman–Crippen MR) is 70.8 cm³/mol. The van der Waals surface area contributed by atoms with Crippen molar-refractivity contribution in [2.24, 2.45) is 5.92 Å². The van der Waals surface area contributed by atoms with Crippen molar-refractivity contribution >= 4 is 33.2 Å². The Labute approximate surface area is 109 Å². The second-order valence-electron chi connectivity index (χ2n) is 4.42. The van der Waals surface area contributed by atoms with Gasteiger partial charge in [-0.3, -0.25) is 4.79 Å². The molecule has 2 rings (SSSR count). The second-order valence-corrected chi connectivity index (χ2v) is 5.33. The van der Waals surface area contributed by atoms with Crippen molar-refractivity contribution in [1.29, 1.82) is 0 Å². The Kier molecular flexibility index (Phi) is 3.40. The van der Waals surface area contributed by atoms with Crippen LogP contribution in [0, 0.1) is 12.8 Å². The number of nitrogens with two attached hydrogens (primary N) is 1. The Hall–Kier alpha value is -1.07. The van der Waals surface area contributed by atoms with E-state index in [2.05, 4.69) is 15.9 Å². The minimum Gasteiger partial charge on any atom is -0.397 e. The monoisotopic (exact) mass is 298 g/mol. The summed E-state index contributed by atoms with van der Waals surface area (Å²) in [4.78, 5) is 13.6. The van der Waals surface area contributed by atoms with Crippen LogP contribution in [0.15, 0.2) is 16.6 Å². The normalized spacial score (nSPS) is 20.1. The van der Waals surface area contributed by atoms with Crippen molar-refractivity contribution < 1.29 is 9.90 Å². The van der Waals surface area contributed by atoms with Gasteiger partial charge in [-0.15, -0.1) is 0 Å². The van der Waals surface area contributed by atoms with E-state index in [1.807, 2.05) is 13.0 Å². The van der Waals surface area contributed by atoms with Crippen molar-refractivity contribution in [3.8, 4) is 0 Å². The van der Waals surface area contributed by atoms with Gasteiger partial charge in [-0.25, -0.2) is 0 Å². The molecule has 1 fully saturated rings. The Balaban J connectivity index is 2.38. The third-order valence-electron chi connectivity index (χ3n) is 3.03. The first-order chi connectivity index (χ1) is 8.02. The quantitative estimate of drug-likeness (QED) is 0.817. The number of hydrogen-bond donors (Lipinski definition) is 2. The fraction of sp³-hybridized carbons (Fsp3) is 0.417. The van der Waals surface area contributed by atoms with Crippen LogP contribution in [0.4, 0.5) is 11.4 Å². The van der Waals surface area contributed by atoms with Gasteiger partial charge in [0.1, 0.15) is 0 Å². The lowest BCUT2D eigenvalue weighted by Crippen LogP contribution is -2.26. The fourth-order valence-corrected chi connectivity index (χ4v) is 2.84. The molecular weight excluding hydrogens is 284 g/mol. The zero-order chi connectivity index (χ0) is 12.6. The molecule has 0 aromatic heterocycles. The average molecular weight is 299 g/mol. The topological polar surface area (TPSA) is 66.6 Å². The van der Waals surface area contributed by atoms with E-state index in [1.165, 1.54) is 0 Å². The van der Waals surface area contributed by atoms with Gasteiger partial charge in [0, 0.05) is 30.0 Å². The summed E-state index contributed by atoms with van der Waals surface area (Å²) in [6, 6.07) is 3.73. The maximum absolute atomic E-state index is 11.9. The predicted octanol–water partition coefficient (Wildman–Crippen LogP) is 1.68. The maximum atomic E-state index is 11.9. The minimum atomic E-state index is 0.0185. The first kappa shape index (κ1) is 12.4. The van der Waals surface area contributed by atoms with Crippen molar-refractivity contribution in [1.82, 2.24) is 0 Å². The molecule has 4 nitrogen and oxygen atoms in total. The molecule has 1 saturated heterocycles. The number of halogens is 1. The van der Waals surface area contributed by atoms with Crippen molar-refractivity contribution in [2.75, 3.05) is 23.8 Å². The van der Waals surface area contributed by atoms with Crippen LogP contribution in [0.1, 0.15) is 12.0 Å². The first-order valence-corrected chi connectivity index (χ1v) is 6.29. The highest BCUT2D eigenvalue weighted by atomic mass is 79.9.